The number of carbonyl (C=O) groups excluding carboxylic acids is 1. The molecule has 164 valence electrons. The summed E-state index contributed by atoms with van der Waals surface area (Å²) in [6.45, 7) is 16.7. The monoisotopic (exact) mass is 411 g/mol. The number of Topliss-reactive ketones (excluding diaryl/α,β-unsaturated/α-hetero) is 1. The average Bonchev–Trinajstić information content (AvgIpc) is 3.09. The van der Waals surface area contributed by atoms with Crippen molar-refractivity contribution >= 4 is 11.4 Å². The first kappa shape index (κ1) is 24.0. The molecule has 0 aliphatic carbocycles. The Hall–Kier alpha value is -2.27. The molecule has 30 heavy (non-hydrogen) atoms. The molecule has 0 aliphatic heterocycles. The Balaban J connectivity index is 2.01. The van der Waals surface area contributed by atoms with Crippen molar-refractivity contribution in [3.05, 3.63) is 47.8 Å². The van der Waals surface area contributed by atoms with Gasteiger partial charge in [0.1, 0.15) is 5.78 Å². The highest BCUT2D eigenvalue weighted by molar-refractivity contribution is 5.81. The molecule has 0 saturated carbocycles. The summed E-state index contributed by atoms with van der Waals surface area (Å²) >= 11 is 0. The Morgan fingerprint density at radius 3 is 2.33 bits per heavy atom. The van der Waals surface area contributed by atoms with Crippen molar-refractivity contribution in [1.29, 1.82) is 0 Å². The van der Waals surface area contributed by atoms with Gasteiger partial charge in [-0.15, -0.1) is 5.10 Å². The number of aromatic nitrogens is 3. The fraction of sp³-hybridized carbons (Fsp3) is 0.560. The average molecular weight is 412 g/mol. The molecule has 0 saturated heterocycles. The predicted octanol–water partition coefficient (Wildman–Crippen LogP) is 5.67. The van der Waals surface area contributed by atoms with Gasteiger partial charge >= 0.3 is 0 Å². The molecule has 0 radical (unpaired) electrons. The molecular formula is C25H37N3O2. The van der Waals surface area contributed by atoms with E-state index < -0.39 is 0 Å². The molecular weight excluding hydrogens is 374 g/mol. The summed E-state index contributed by atoms with van der Waals surface area (Å²) < 4.78 is 7.88. The van der Waals surface area contributed by atoms with Crippen molar-refractivity contribution in [1.82, 2.24) is 15.0 Å². The van der Waals surface area contributed by atoms with Crippen LogP contribution in [0.4, 0.5) is 0 Å². The van der Waals surface area contributed by atoms with E-state index in [4.69, 9.17) is 4.74 Å². The zero-order valence-corrected chi connectivity index (χ0v) is 19.8. The van der Waals surface area contributed by atoms with E-state index in [2.05, 4.69) is 61.4 Å². The molecule has 0 bridgehead atoms. The molecule has 2 aromatic rings. The Morgan fingerprint density at radius 1 is 1.17 bits per heavy atom. The van der Waals surface area contributed by atoms with E-state index in [1.54, 1.807) is 11.6 Å². The number of hydrogen-bond donors (Lipinski definition) is 0. The minimum absolute atomic E-state index is 0.188. The topological polar surface area (TPSA) is 57.0 Å². The van der Waals surface area contributed by atoms with E-state index in [9.17, 15) is 4.79 Å². The molecule has 0 unspecified atom stereocenters. The zero-order valence-electron chi connectivity index (χ0n) is 19.8. The SMILES string of the molecule is C/C=C(\c1ccc(-n2cc(CC(C)(C)OCCC(C)(C)C(C)=O)nn2)cc1)C(C)C. The molecule has 1 aromatic heterocycles. The van der Waals surface area contributed by atoms with E-state index in [1.807, 2.05) is 33.9 Å². The summed E-state index contributed by atoms with van der Waals surface area (Å²) in [4.78, 5) is 11.7. The van der Waals surface area contributed by atoms with Crippen molar-refractivity contribution in [2.75, 3.05) is 6.61 Å². The Labute approximate surface area is 181 Å². The van der Waals surface area contributed by atoms with Gasteiger partial charge in [0.05, 0.1) is 23.2 Å². The first-order valence-corrected chi connectivity index (χ1v) is 10.8. The molecule has 0 spiro atoms. The van der Waals surface area contributed by atoms with E-state index in [-0.39, 0.29) is 16.8 Å². The van der Waals surface area contributed by atoms with Gasteiger partial charge in [0.25, 0.3) is 0 Å². The standard InChI is InChI=1S/C25H37N3O2/c1-9-23(18(2)3)20-10-12-22(13-11-20)28-17-21(26-27-28)16-25(7,8)30-15-14-24(5,6)19(4)29/h9-13,17-18H,14-16H2,1-8H3/b23-9-. The highest BCUT2D eigenvalue weighted by Crippen LogP contribution is 2.25. The summed E-state index contributed by atoms with van der Waals surface area (Å²) in [5.41, 5.74) is 3.71. The summed E-state index contributed by atoms with van der Waals surface area (Å²) in [6, 6.07) is 8.42. The van der Waals surface area contributed by atoms with E-state index in [0.717, 1.165) is 11.4 Å². The third-order valence-electron chi connectivity index (χ3n) is 5.72. The number of nitrogens with zero attached hydrogens (tertiary/aromatic N) is 3. The van der Waals surface area contributed by atoms with E-state index in [0.29, 0.717) is 25.4 Å². The van der Waals surface area contributed by atoms with E-state index in [1.165, 1.54) is 11.1 Å². The molecule has 0 N–H and O–H groups in total. The quantitative estimate of drug-likeness (QED) is 0.505. The van der Waals surface area contributed by atoms with Crippen LogP contribution in [-0.4, -0.2) is 33.0 Å². The third kappa shape index (κ3) is 6.36. The van der Waals surface area contributed by atoms with Crippen molar-refractivity contribution in [3.8, 4) is 5.69 Å². The first-order valence-electron chi connectivity index (χ1n) is 10.8. The maximum absolute atomic E-state index is 11.7. The minimum atomic E-state index is -0.379. The normalized spacial score (nSPS) is 13.2. The summed E-state index contributed by atoms with van der Waals surface area (Å²) in [6.07, 6.45) is 5.49. The third-order valence-corrected chi connectivity index (χ3v) is 5.72. The summed E-state index contributed by atoms with van der Waals surface area (Å²) in [5.74, 6) is 0.676. The molecule has 5 nitrogen and oxygen atoms in total. The van der Waals surface area contributed by atoms with Crippen LogP contribution in [-0.2, 0) is 16.0 Å². The second-order valence-corrected chi connectivity index (χ2v) is 9.58. The molecule has 5 heteroatoms. The van der Waals surface area contributed by atoms with Crippen molar-refractivity contribution in [2.45, 2.75) is 73.8 Å². The Kier molecular flexibility index (Phi) is 7.75. The number of ether oxygens (including phenoxy) is 1. The maximum atomic E-state index is 11.7. The lowest BCUT2D eigenvalue weighted by atomic mass is 9.86. The zero-order chi connectivity index (χ0) is 22.5. The largest absolute Gasteiger partial charge is 0.375 e. The summed E-state index contributed by atoms with van der Waals surface area (Å²) in [5, 5.41) is 8.63. The maximum Gasteiger partial charge on any atom is 0.135 e. The van der Waals surface area contributed by atoms with Crippen LogP contribution in [0.5, 0.6) is 0 Å². The molecule has 0 fully saturated rings. The fourth-order valence-electron chi connectivity index (χ4n) is 3.39. The van der Waals surface area contributed by atoms with Crippen LogP contribution in [0.15, 0.2) is 36.5 Å². The molecule has 2 rings (SSSR count). The number of rotatable bonds is 10. The summed E-state index contributed by atoms with van der Waals surface area (Å²) in [7, 11) is 0. The van der Waals surface area contributed by atoms with Gasteiger partial charge in [0, 0.05) is 18.4 Å². The highest BCUT2D eigenvalue weighted by atomic mass is 16.5. The number of hydrogen-bond acceptors (Lipinski definition) is 4. The second kappa shape index (κ2) is 9.69. The lowest BCUT2D eigenvalue weighted by Gasteiger charge is -2.27. The Morgan fingerprint density at radius 2 is 1.80 bits per heavy atom. The van der Waals surface area contributed by atoms with Crippen LogP contribution in [0, 0.1) is 11.3 Å². The van der Waals surface area contributed by atoms with Gasteiger partial charge in [-0.1, -0.05) is 51.1 Å². The molecule has 1 aromatic carbocycles. The molecule has 0 amide bonds. The van der Waals surface area contributed by atoms with Crippen molar-refractivity contribution in [2.24, 2.45) is 11.3 Å². The highest BCUT2D eigenvalue weighted by Gasteiger charge is 2.26. The smallest absolute Gasteiger partial charge is 0.135 e. The van der Waals surface area contributed by atoms with Gasteiger partial charge in [0.2, 0.25) is 0 Å². The van der Waals surface area contributed by atoms with Crippen LogP contribution < -0.4 is 0 Å². The second-order valence-electron chi connectivity index (χ2n) is 9.58. The molecule has 0 atom stereocenters. The van der Waals surface area contributed by atoms with Gasteiger partial charge in [0.15, 0.2) is 0 Å². The molecule has 1 heterocycles. The molecule has 0 aliphatic rings. The lowest BCUT2D eigenvalue weighted by Crippen LogP contribution is -2.31. The van der Waals surface area contributed by atoms with Crippen LogP contribution >= 0.6 is 0 Å². The fourth-order valence-corrected chi connectivity index (χ4v) is 3.39. The van der Waals surface area contributed by atoms with Gasteiger partial charge < -0.3 is 4.74 Å². The van der Waals surface area contributed by atoms with E-state index >= 15 is 0 Å². The van der Waals surface area contributed by atoms with Gasteiger partial charge in [-0.05, 0) is 63.3 Å². The van der Waals surface area contributed by atoms with Gasteiger partial charge in [-0.25, -0.2) is 4.68 Å². The van der Waals surface area contributed by atoms with Crippen molar-refractivity contribution < 1.29 is 9.53 Å². The van der Waals surface area contributed by atoms with Gasteiger partial charge in [-0.2, -0.15) is 0 Å². The number of allylic oxidation sites excluding steroid dienone is 2. The van der Waals surface area contributed by atoms with Gasteiger partial charge in [-0.3, -0.25) is 4.79 Å². The number of benzene rings is 1. The van der Waals surface area contributed by atoms with Crippen LogP contribution in [0.1, 0.15) is 73.1 Å². The van der Waals surface area contributed by atoms with Crippen molar-refractivity contribution in [3.63, 3.8) is 0 Å². The minimum Gasteiger partial charge on any atom is -0.375 e. The predicted molar refractivity (Wildman–Crippen MR) is 123 cm³/mol. The number of carbonyl (C=O) groups is 1. The Bertz CT molecular complexity index is 874. The van der Waals surface area contributed by atoms with Crippen LogP contribution in [0.25, 0.3) is 11.3 Å². The first-order chi connectivity index (χ1) is 13.9. The van der Waals surface area contributed by atoms with Crippen LogP contribution in [0.2, 0.25) is 0 Å². The number of ketones is 1. The lowest BCUT2D eigenvalue weighted by molar-refractivity contribution is -0.126. The van der Waals surface area contributed by atoms with Crippen LogP contribution in [0.3, 0.4) is 0 Å².